The zero-order chi connectivity index (χ0) is 14.9. The van der Waals surface area contributed by atoms with Crippen molar-refractivity contribution in [3.63, 3.8) is 0 Å². The fourth-order valence-corrected chi connectivity index (χ4v) is 3.14. The Labute approximate surface area is 123 Å². The maximum absolute atomic E-state index is 5.75. The monoisotopic (exact) mass is 276 g/mol. The van der Waals surface area contributed by atoms with Gasteiger partial charge in [0.25, 0.3) is 0 Å². The normalized spacial score (nSPS) is 22.7. The topological polar surface area (TPSA) is 21.8 Å². The van der Waals surface area contributed by atoms with E-state index >= 15 is 0 Å². The van der Waals surface area contributed by atoms with Crippen molar-refractivity contribution in [3.05, 3.63) is 28.3 Å². The van der Waals surface area contributed by atoms with Crippen molar-refractivity contribution in [2.24, 2.45) is 5.92 Å². The highest BCUT2D eigenvalue weighted by molar-refractivity contribution is 5.48. The summed E-state index contributed by atoms with van der Waals surface area (Å²) in [5.74, 6) is 1.63. The lowest BCUT2D eigenvalue weighted by molar-refractivity contribution is 0.322. The van der Waals surface area contributed by atoms with Gasteiger partial charge in [-0.2, -0.15) is 0 Å². The maximum Gasteiger partial charge on any atom is 0.122 e. The Balaban J connectivity index is 2.17. The smallest absolute Gasteiger partial charge is 0.122 e. The Kier molecular flexibility index (Phi) is 4.74. The molecule has 112 valence electrons. The molecule has 2 nitrogen and oxygen atoms in total. The third-order valence-corrected chi connectivity index (χ3v) is 4.62. The van der Waals surface area contributed by atoms with E-state index in [0.29, 0.717) is 18.1 Å². The van der Waals surface area contributed by atoms with Crippen LogP contribution in [0.1, 0.15) is 49.4 Å². The first kappa shape index (κ1) is 15.4. The molecule has 1 aromatic rings. The third kappa shape index (κ3) is 3.01. The summed E-state index contributed by atoms with van der Waals surface area (Å²) in [7, 11) is 0. The van der Waals surface area contributed by atoms with E-state index < -0.39 is 0 Å². The summed E-state index contributed by atoms with van der Waals surface area (Å²) in [6, 6.07) is 2.19. The van der Waals surface area contributed by atoms with Gasteiger partial charge < -0.3 is 9.47 Å². The summed E-state index contributed by atoms with van der Waals surface area (Å²) in [6.45, 7) is 13.9. The molecule has 0 aliphatic carbocycles. The molecule has 0 aromatic heterocycles. The van der Waals surface area contributed by atoms with E-state index in [1.165, 1.54) is 22.3 Å². The molecule has 1 aliphatic rings. The van der Waals surface area contributed by atoms with Crippen LogP contribution in [-0.4, -0.2) is 18.8 Å². The molecule has 3 unspecified atom stereocenters. The average molecular weight is 276 g/mol. The van der Waals surface area contributed by atoms with Crippen molar-refractivity contribution >= 4 is 0 Å². The van der Waals surface area contributed by atoms with Crippen LogP contribution in [0.3, 0.4) is 0 Å². The second-order valence-electron chi connectivity index (χ2n) is 6.08. The molecule has 1 saturated heterocycles. The minimum Gasteiger partial charge on any atom is -0.494 e. The van der Waals surface area contributed by atoms with Crippen molar-refractivity contribution < 1.29 is 9.47 Å². The lowest BCUT2D eigenvalue weighted by Gasteiger charge is -2.19. The van der Waals surface area contributed by atoms with Crippen molar-refractivity contribution in [2.45, 2.75) is 66.6 Å². The lowest BCUT2D eigenvalue weighted by atomic mass is 9.88. The Morgan fingerprint density at radius 3 is 2.45 bits per heavy atom. The number of hydrogen-bond acceptors (Lipinski definition) is 2. The molecular weight excluding hydrogens is 248 g/mol. The van der Waals surface area contributed by atoms with E-state index in [9.17, 15) is 0 Å². The van der Waals surface area contributed by atoms with Crippen LogP contribution in [-0.2, 0) is 11.2 Å². The SMILES string of the molecule is CCOc1cc(C)c(CC(C)C2OC2CC)c(C)c1C. The predicted molar refractivity (Wildman–Crippen MR) is 83.6 cm³/mol. The first-order valence-electron chi connectivity index (χ1n) is 7.87. The Hall–Kier alpha value is -1.02. The Morgan fingerprint density at radius 2 is 1.90 bits per heavy atom. The maximum atomic E-state index is 5.75. The van der Waals surface area contributed by atoms with Crippen LogP contribution in [0, 0.1) is 26.7 Å². The molecular formula is C18H28O2. The largest absolute Gasteiger partial charge is 0.494 e. The summed E-state index contributed by atoms with van der Waals surface area (Å²) in [4.78, 5) is 0. The predicted octanol–water partition coefficient (Wildman–Crippen LogP) is 4.37. The van der Waals surface area contributed by atoms with Gasteiger partial charge in [-0.05, 0) is 74.8 Å². The number of rotatable bonds is 6. The van der Waals surface area contributed by atoms with Gasteiger partial charge in [0.2, 0.25) is 0 Å². The van der Waals surface area contributed by atoms with Gasteiger partial charge in [-0.15, -0.1) is 0 Å². The number of aryl methyl sites for hydroxylation is 1. The third-order valence-electron chi connectivity index (χ3n) is 4.62. The molecule has 0 bridgehead atoms. The fourth-order valence-electron chi connectivity index (χ4n) is 3.14. The number of ether oxygens (including phenoxy) is 2. The summed E-state index contributed by atoms with van der Waals surface area (Å²) in [5, 5.41) is 0. The van der Waals surface area contributed by atoms with Crippen LogP contribution < -0.4 is 4.74 Å². The highest BCUT2D eigenvalue weighted by atomic mass is 16.6. The van der Waals surface area contributed by atoms with Gasteiger partial charge in [0.15, 0.2) is 0 Å². The molecule has 2 heteroatoms. The van der Waals surface area contributed by atoms with Crippen molar-refractivity contribution in [3.8, 4) is 5.75 Å². The van der Waals surface area contributed by atoms with Gasteiger partial charge in [-0.25, -0.2) is 0 Å². The summed E-state index contributed by atoms with van der Waals surface area (Å²) < 4.78 is 11.5. The number of benzene rings is 1. The average Bonchev–Trinajstić information content (AvgIpc) is 3.20. The minimum atomic E-state index is 0.464. The van der Waals surface area contributed by atoms with Gasteiger partial charge in [-0.3, -0.25) is 0 Å². The van der Waals surface area contributed by atoms with Crippen LogP contribution in [0.2, 0.25) is 0 Å². The molecule has 1 heterocycles. The molecule has 20 heavy (non-hydrogen) atoms. The molecule has 0 spiro atoms. The second-order valence-corrected chi connectivity index (χ2v) is 6.08. The highest BCUT2D eigenvalue weighted by Gasteiger charge is 2.41. The zero-order valence-corrected chi connectivity index (χ0v) is 13.7. The van der Waals surface area contributed by atoms with E-state index in [1.807, 2.05) is 6.92 Å². The molecule has 1 fully saturated rings. The van der Waals surface area contributed by atoms with Crippen molar-refractivity contribution in [1.82, 2.24) is 0 Å². The van der Waals surface area contributed by atoms with E-state index in [4.69, 9.17) is 9.47 Å². The minimum absolute atomic E-state index is 0.464. The van der Waals surface area contributed by atoms with Gasteiger partial charge >= 0.3 is 0 Å². The van der Waals surface area contributed by atoms with E-state index in [0.717, 1.165) is 25.2 Å². The molecule has 1 aromatic carbocycles. The van der Waals surface area contributed by atoms with E-state index in [1.54, 1.807) is 0 Å². The molecule has 0 N–H and O–H groups in total. The molecule has 0 radical (unpaired) electrons. The molecule has 2 rings (SSSR count). The summed E-state index contributed by atoms with van der Waals surface area (Å²) in [5.41, 5.74) is 5.48. The van der Waals surface area contributed by atoms with Crippen molar-refractivity contribution in [1.29, 1.82) is 0 Å². The molecule has 0 saturated carbocycles. The van der Waals surface area contributed by atoms with Crippen LogP contribution in [0.25, 0.3) is 0 Å². The van der Waals surface area contributed by atoms with E-state index in [-0.39, 0.29) is 0 Å². The lowest BCUT2D eigenvalue weighted by Crippen LogP contribution is -2.12. The van der Waals surface area contributed by atoms with Gasteiger partial charge in [-0.1, -0.05) is 13.8 Å². The van der Waals surface area contributed by atoms with Crippen LogP contribution in [0.15, 0.2) is 6.07 Å². The van der Waals surface area contributed by atoms with E-state index in [2.05, 4.69) is 40.7 Å². The number of hydrogen-bond donors (Lipinski definition) is 0. The molecule has 0 amide bonds. The summed E-state index contributed by atoms with van der Waals surface area (Å²) >= 11 is 0. The summed E-state index contributed by atoms with van der Waals surface area (Å²) in [6.07, 6.45) is 3.20. The molecule has 3 atom stereocenters. The van der Waals surface area contributed by atoms with Gasteiger partial charge in [0, 0.05) is 0 Å². The van der Waals surface area contributed by atoms with Crippen LogP contribution >= 0.6 is 0 Å². The van der Waals surface area contributed by atoms with Crippen molar-refractivity contribution in [2.75, 3.05) is 6.61 Å². The zero-order valence-electron chi connectivity index (χ0n) is 13.7. The van der Waals surface area contributed by atoms with Gasteiger partial charge in [0.1, 0.15) is 5.75 Å². The van der Waals surface area contributed by atoms with Crippen LogP contribution in [0.4, 0.5) is 0 Å². The second kappa shape index (κ2) is 6.17. The Bertz CT molecular complexity index is 479. The standard InChI is InChI=1S/C18H28O2/c1-7-16-18(20-16)12(4)9-15-11(3)10-17(19-8-2)14(6)13(15)5/h10,12,16,18H,7-9H2,1-6H3. The van der Waals surface area contributed by atoms with Crippen LogP contribution in [0.5, 0.6) is 5.75 Å². The fraction of sp³-hybridized carbons (Fsp3) is 0.667. The first-order valence-corrected chi connectivity index (χ1v) is 7.87. The highest BCUT2D eigenvalue weighted by Crippen LogP contribution is 2.36. The number of epoxide rings is 1. The Morgan fingerprint density at radius 1 is 1.20 bits per heavy atom. The van der Waals surface area contributed by atoms with Gasteiger partial charge in [0.05, 0.1) is 18.8 Å². The first-order chi connectivity index (χ1) is 9.49. The quantitative estimate of drug-likeness (QED) is 0.720. The molecule has 1 aliphatic heterocycles.